The number of carbonyl (C=O) groups is 1. The molecular weight excluding hydrogens is 452 g/mol. The Morgan fingerprint density at radius 1 is 1.35 bits per heavy atom. The van der Waals surface area contributed by atoms with Gasteiger partial charge in [-0.3, -0.25) is 9.69 Å². The van der Waals surface area contributed by atoms with E-state index in [4.69, 9.17) is 10.5 Å². The van der Waals surface area contributed by atoms with Crippen LogP contribution >= 0.6 is 11.3 Å². The van der Waals surface area contributed by atoms with Gasteiger partial charge in [0, 0.05) is 36.0 Å². The van der Waals surface area contributed by atoms with Crippen LogP contribution in [0.2, 0.25) is 0 Å². The van der Waals surface area contributed by atoms with Gasteiger partial charge in [-0.15, -0.1) is 11.3 Å². The lowest BCUT2D eigenvalue weighted by molar-refractivity contribution is -0.124. The summed E-state index contributed by atoms with van der Waals surface area (Å²) in [7, 11) is 1.68. The van der Waals surface area contributed by atoms with Crippen molar-refractivity contribution in [2.45, 2.75) is 26.3 Å². The van der Waals surface area contributed by atoms with Gasteiger partial charge >= 0.3 is 0 Å². The first-order chi connectivity index (χ1) is 16.4. The first kappa shape index (κ1) is 22.6. The Hall–Kier alpha value is -3.21. The van der Waals surface area contributed by atoms with Crippen molar-refractivity contribution < 1.29 is 14.6 Å². The van der Waals surface area contributed by atoms with Crippen molar-refractivity contribution in [3.63, 3.8) is 0 Å². The highest BCUT2D eigenvalue weighted by molar-refractivity contribution is 7.22. The summed E-state index contributed by atoms with van der Waals surface area (Å²) in [6, 6.07) is 6.32. The summed E-state index contributed by atoms with van der Waals surface area (Å²) >= 11 is 1.63. The predicted molar refractivity (Wildman–Crippen MR) is 133 cm³/mol. The van der Waals surface area contributed by atoms with Crippen LogP contribution in [0.25, 0.3) is 26.0 Å². The van der Waals surface area contributed by atoms with E-state index in [1.165, 1.54) is 6.33 Å². The molecule has 0 bridgehead atoms. The van der Waals surface area contributed by atoms with Crippen LogP contribution in [0.5, 0.6) is 5.75 Å². The number of ether oxygens (including phenoxy) is 1. The quantitative estimate of drug-likeness (QED) is 0.388. The maximum Gasteiger partial charge on any atom is 0.234 e. The van der Waals surface area contributed by atoms with Crippen molar-refractivity contribution in [2.75, 3.05) is 39.1 Å². The first-order valence-electron chi connectivity index (χ1n) is 11.2. The number of nitrogen functional groups attached to an aromatic ring is 1. The van der Waals surface area contributed by atoms with E-state index in [9.17, 15) is 9.90 Å². The smallest absolute Gasteiger partial charge is 0.234 e. The molecule has 0 saturated carbocycles. The van der Waals surface area contributed by atoms with E-state index in [-0.39, 0.29) is 18.4 Å². The Morgan fingerprint density at radius 3 is 2.91 bits per heavy atom. The largest absolute Gasteiger partial charge is 0.495 e. The molecule has 4 heterocycles. The minimum Gasteiger partial charge on any atom is -0.495 e. The Balaban J connectivity index is 1.79. The zero-order valence-corrected chi connectivity index (χ0v) is 20.3. The molecule has 1 aromatic carbocycles. The highest BCUT2D eigenvalue weighted by Crippen LogP contribution is 2.45. The predicted octanol–water partition coefficient (Wildman–Crippen LogP) is 2.54. The average Bonchev–Trinajstić information content (AvgIpc) is 3.37. The molecule has 9 nitrogen and oxygen atoms in total. The molecule has 1 aliphatic rings. The second kappa shape index (κ2) is 8.86. The zero-order valence-electron chi connectivity index (χ0n) is 19.5. The van der Waals surface area contributed by atoms with Gasteiger partial charge in [-0.05, 0) is 35.6 Å². The average molecular weight is 481 g/mol. The van der Waals surface area contributed by atoms with E-state index in [2.05, 4.69) is 32.4 Å². The van der Waals surface area contributed by atoms with Crippen LogP contribution in [-0.4, -0.2) is 63.9 Å². The van der Waals surface area contributed by atoms with Crippen LogP contribution in [0.15, 0.2) is 24.5 Å². The number of fused-ring (bicyclic) bond motifs is 2. The highest BCUT2D eigenvalue weighted by Gasteiger charge is 2.29. The van der Waals surface area contributed by atoms with Gasteiger partial charge in [0.2, 0.25) is 5.91 Å². The van der Waals surface area contributed by atoms with Gasteiger partial charge in [0.1, 0.15) is 17.6 Å². The van der Waals surface area contributed by atoms with Crippen LogP contribution in [0.4, 0.5) is 5.82 Å². The molecule has 4 N–H and O–H groups in total. The van der Waals surface area contributed by atoms with Gasteiger partial charge in [-0.25, -0.2) is 9.50 Å². The Bertz CT molecular complexity index is 1390. The number of methoxy groups -OCH3 is 1. The number of hydrogen-bond donors (Lipinski definition) is 3. The highest BCUT2D eigenvalue weighted by atomic mass is 32.1. The second-order valence-electron chi connectivity index (χ2n) is 8.78. The van der Waals surface area contributed by atoms with Crippen LogP contribution in [-0.2, 0) is 11.3 Å². The molecule has 1 fully saturated rings. The van der Waals surface area contributed by atoms with Crippen molar-refractivity contribution in [1.29, 1.82) is 0 Å². The summed E-state index contributed by atoms with van der Waals surface area (Å²) in [5.41, 5.74) is 11.1. The van der Waals surface area contributed by atoms with Gasteiger partial charge < -0.3 is 20.9 Å². The van der Waals surface area contributed by atoms with Crippen molar-refractivity contribution in [2.24, 2.45) is 0 Å². The van der Waals surface area contributed by atoms with Gasteiger partial charge in [0.05, 0.1) is 30.7 Å². The number of carbonyl (C=O) groups excluding carboxylic acids is 1. The summed E-state index contributed by atoms with van der Waals surface area (Å²) in [4.78, 5) is 19.5. The van der Waals surface area contributed by atoms with E-state index in [0.29, 0.717) is 25.5 Å². The molecule has 1 aliphatic heterocycles. The number of thiophene rings is 1. The molecule has 10 heteroatoms. The number of benzene rings is 1. The monoisotopic (exact) mass is 480 g/mol. The van der Waals surface area contributed by atoms with Gasteiger partial charge in [0.25, 0.3) is 0 Å². The lowest BCUT2D eigenvalue weighted by atomic mass is 9.99. The SMILES string of the molecule is COc1cc(C)cc2cc(-c3c(CN4CCNC(=O)C4)c(C(C)CO)n4ncnc(N)c34)sc12. The Labute approximate surface area is 201 Å². The van der Waals surface area contributed by atoms with Crippen molar-refractivity contribution in [3.05, 3.63) is 41.3 Å². The number of hydrogen-bond acceptors (Lipinski definition) is 8. The van der Waals surface area contributed by atoms with Gasteiger partial charge in [0.15, 0.2) is 5.82 Å². The van der Waals surface area contributed by atoms with E-state index in [1.807, 2.05) is 24.4 Å². The zero-order chi connectivity index (χ0) is 24.0. The maximum absolute atomic E-state index is 12.1. The molecule has 4 aromatic rings. The molecule has 0 spiro atoms. The number of piperazine rings is 1. The fourth-order valence-corrected chi connectivity index (χ4v) is 6.00. The molecule has 5 rings (SSSR count). The molecule has 1 atom stereocenters. The summed E-state index contributed by atoms with van der Waals surface area (Å²) in [6.45, 7) is 6.18. The summed E-state index contributed by atoms with van der Waals surface area (Å²) in [5.74, 6) is 1.03. The van der Waals surface area contributed by atoms with Gasteiger partial charge in [-0.2, -0.15) is 5.10 Å². The first-order valence-corrected chi connectivity index (χ1v) is 12.0. The number of amides is 1. The summed E-state index contributed by atoms with van der Waals surface area (Å²) in [6.07, 6.45) is 1.44. The van der Waals surface area contributed by atoms with Crippen LogP contribution in [0, 0.1) is 6.92 Å². The second-order valence-corrected chi connectivity index (χ2v) is 9.84. The molecule has 0 radical (unpaired) electrons. The van der Waals surface area contributed by atoms with Crippen LogP contribution in [0.1, 0.15) is 29.7 Å². The fourth-order valence-electron chi connectivity index (χ4n) is 4.79. The normalized spacial score (nSPS) is 15.7. The van der Waals surface area contributed by atoms with Gasteiger partial charge in [-0.1, -0.05) is 13.0 Å². The maximum atomic E-state index is 12.1. The number of aliphatic hydroxyl groups is 1. The van der Waals surface area contributed by atoms with Crippen molar-refractivity contribution >= 4 is 38.7 Å². The standard InChI is InChI=1S/C24H28N6O3S/c1-13-6-15-8-18(34-23(15)17(7-13)33-3)20-16(9-29-5-4-26-19(32)10-29)21(14(2)11-31)30-22(20)24(25)27-12-28-30/h6-8,12,14,31H,4-5,9-11H2,1-3H3,(H,26,32)(H2,25,27,28). The van der Waals surface area contributed by atoms with Crippen molar-refractivity contribution in [3.8, 4) is 16.2 Å². The number of nitrogens with zero attached hydrogens (tertiary/aromatic N) is 4. The van der Waals surface area contributed by atoms with Crippen LogP contribution in [0.3, 0.4) is 0 Å². The molecule has 3 aromatic heterocycles. The van der Waals surface area contributed by atoms with E-state index < -0.39 is 0 Å². The molecule has 1 amide bonds. The Morgan fingerprint density at radius 2 is 2.18 bits per heavy atom. The molecule has 1 saturated heterocycles. The third-order valence-corrected chi connectivity index (χ3v) is 7.51. The minimum absolute atomic E-state index is 0.00898. The number of aryl methyl sites for hydroxylation is 1. The number of aromatic nitrogens is 3. The molecular formula is C24H28N6O3S. The molecule has 0 aliphatic carbocycles. The topological polar surface area (TPSA) is 118 Å². The summed E-state index contributed by atoms with van der Waals surface area (Å²) < 4.78 is 8.53. The van der Waals surface area contributed by atoms with E-state index >= 15 is 0 Å². The number of nitrogens with one attached hydrogen (secondary N) is 1. The van der Waals surface area contributed by atoms with E-state index in [0.717, 1.165) is 55.2 Å². The molecule has 178 valence electrons. The molecule has 34 heavy (non-hydrogen) atoms. The third kappa shape index (κ3) is 3.77. The lowest BCUT2D eigenvalue weighted by Gasteiger charge is -2.27. The summed E-state index contributed by atoms with van der Waals surface area (Å²) in [5, 5.41) is 18.6. The minimum atomic E-state index is -0.185. The lowest BCUT2D eigenvalue weighted by Crippen LogP contribution is -2.47. The number of nitrogens with two attached hydrogens (primary N) is 1. The van der Waals surface area contributed by atoms with Crippen LogP contribution < -0.4 is 15.8 Å². The Kier molecular flexibility index (Phi) is 5.88. The molecule has 1 unspecified atom stereocenters. The number of anilines is 1. The number of rotatable bonds is 6. The van der Waals surface area contributed by atoms with E-state index in [1.54, 1.807) is 18.4 Å². The number of aliphatic hydroxyl groups excluding tert-OH is 1. The van der Waals surface area contributed by atoms with Crippen molar-refractivity contribution in [1.82, 2.24) is 24.8 Å². The third-order valence-electron chi connectivity index (χ3n) is 6.33. The fraction of sp³-hybridized carbons (Fsp3) is 0.375.